The lowest BCUT2D eigenvalue weighted by atomic mass is 9.75. The molecule has 0 spiro atoms. The van der Waals surface area contributed by atoms with Crippen LogP contribution in [0.3, 0.4) is 0 Å². The molecule has 5 nitrogen and oxygen atoms in total. The molecule has 35 heavy (non-hydrogen) atoms. The van der Waals surface area contributed by atoms with E-state index in [1.807, 2.05) is 12.3 Å². The van der Waals surface area contributed by atoms with Crippen LogP contribution in [0.5, 0.6) is 0 Å². The zero-order chi connectivity index (χ0) is 24.3. The Bertz CT molecular complexity index is 1340. The molecular formula is C25H22F3N3O2S2. The summed E-state index contributed by atoms with van der Waals surface area (Å²) in [5, 5.41) is 3.74. The molecule has 10 heteroatoms. The summed E-state index contributed by atoms with van der Waals surface area (Å²) in [6, 6.07) is 8.50. The first kappa shape index (κ1) is 22.8. The third-order valence-electron chi connectivity index (χ3n) is 7.51. The fourth-order valence-electron chi connectivity index (χ4n) is 6.14. The van der Waals surface area contributed by atoms with E-state index in [1.165, 1.54) is 47.3 Å². The van der Waals surface area contributed by atoms with E-state index in [0.29, 0.717) is 23.0 Å². The zero-order valence-electron chi connectivity index (χ0n) is 18.5. The summed E-state index contributed by atoms with van der Waals surface area (Å²) < 4.78 is 40.6. The Morgan fingerprint density at radius 3 is 2.77 bits per heavy atom. The number of fused-ring (bicyclic) bond motifs is 6. The lowest BCUT2D eigenvalue weighted by molar-refractivity contribution is -0.137. The van der Waals surface area contributed by atoms with Gasteiger partial charge in [-0.05, 0) is 66.8 Å². The van der Waals surface area contributed by atoms with Gasteiger partial charge in [-0.2, -0.15) is 13.2 Å². The van der Waals surface area contributed by atoms with Crippen molar-refractivity contribution in [2.75, 3.05) is 5.32 Å². The number of anilines is 1. The molecule has 0 saturated heterocycles. The highest BCUT2D eigenvalue weighted by Crippen LogP contribution is 2.63. The number of hydrogen-bond acceptors (Lipinski definition) is 5. The number of carbonyl (C=O) groups is 1. The van der Waals surface area contributed by atoms with Crippen molar-refractivity contribution in [2.24, 2.45) is 17.8 Å². The highest BCUT2D eigenvalue weighted by Gasteiger charge is 2.55. The van der Waals surface area contributed by atoms with Crippen LogP contribution in [-0.4, -0.2) is 20.7 Å². The summed E-state index contributed by atoms with van der Waals surface area (Å²) >= 11 is 2.90. The number of carbonyl (C=O) groups excluding carboxylic acids is 1. The Labute approximate surface area is 207 Å². The van der Waals surface area contributed by atoms with Crippen molar-refractivity contribution in [3.8, 4) is 0 Å². The fourth-order valence-corrected chi connectivity index (χ4v) is 9.29. The lowest BCUT2D eigenvalue weighted by Crippen LogP contribution is -2.34. The normalized spacial score (nSPS) is 26.9. The molecule has 1 aliphatic heterocycles. The fraction of sp³-hybridized carbons (Fsp3) is 0.400. The number of thiazole rings is 1. The van der Waals surface area contributed by atoms with Crippen molar-refractivity contribution in [1.82, 2.24) is 9.55 Å². The number of thioether (sulfide) groups is 1. The molecule has 4 unspecified atom stereocenters. The van der Waals surface area contributed by atoms with Gasteiger partial charge in [0.05, 0.1) is 10.6 Å². The number of aromatic nitrogens is 2. The van der Waals surface area contributed by atoms with E-state index in [1.54, 1.807) is 18.0 Å². The molecule has 5 atom stereocenters. The molecule has 6 rings (SSSR count). The third kappa shape index (κ3) is 4.00. The number of pyridine rings is 1. The van der Waals surface area contributed by atoms with Crippen LogP contribution < -0.4 is 10.2 Å². The number of amides is 1. The second-order valence-corrected chi connectivity index (χ2v) is 11.7. The molecule has 1 aromatic carbocycles. The molecule has 2 aromatic heterocycles. The van der Waals surface area contributed by atoms with E-state index in [2.05, 4.69) is 16.4 Å². The minimum Gasteiger partial charge on any atom is -0.325 e. The molecule has 1 amide bonds. The van der Waals surface area contributed by atoms with Gasteiger partial charge in [0, 0.05) is 34.1 Å². The van der Waals surface area contributed by atoms with Crippen molar-refractivity contribution < 1.29 is 18.0 Å². The van der Waals surface area contributed by atoms with Crippen molar-refractivity contribution in [1.29, 1.82) is 0 Å². The molecule has 2 bridgehead atoms. The van der Waals surface area contributed by atoms with Crippen molar-refractivity contribution in [3.63, 3.8) is 0 Å². The van der Waals surface area contributed by atoms with Crippen LogP contribution in [0.1, 0.15) is 41.2 Å². The van der Waals surface area contributed by atoms with E-state index >= 15 is 0 Å². The highest BCUT2D eigenvalue weighted by atomic mass is 32.2. The third-order valence-corrected chi connectivity index (χ3v) is 10.3. The number of nitrogens with zero attached hydrogens (tertiary/aromatic N) is 2. The van der Waals surface area contributed by atoms with Gasteiger partial charge in [-0.25, -0.2) is 0 Å². The largest absolute Gasteiger partial charge is 0.416 e. The Kier molecular flexibility index (Phi) is 5.56. The SMILES string of the molecule is O=C(Cn1c2c(sc1=O)[C@@H](c1cccnc1)C1C3CCC(C3)C1S2)Nc1cccc(C(F)(F)F)c1. The van der Waals surface area contributed by atoms with Gasteiger partial charge in [0.25, 0.3) is 0 Å². The van der Waals surface area contributed by atoms with Gasteiger partial charge < -0.3 is 5.32 Å². The number of rotatable bonds is 4. The predicted octanol–water partition coefficient (Wildman–Crippen LogP) is 5.61. The quantitative estimate of drug-likeness (QED) is 0.488. The predicted molar refractivity (Wildman–Crippen MR) is 129 cm³/mol. The van der Waals surface area contributed by atoms with Gasteiger partial charge in [-0.15, -0.1) is 11.8 Å². The summed E-state index contributed by atoms with van der Waals surface area (Å²) in [6.07, 6.45) is 2.73. The second kappa shape index (κ2) is 8.51. The van der Waals surface area contributed by atoms with Crippen LogP contribution in [0.15, 0.2) is 58.6 Å². The minimum atomic E-state index is -4.50. The summed E-state index contributed by atoms with van der Waals surface area (Å²) in [7, 11) is 0. The van der Waals surface area contributed by atoms with Gasteiger partial charge in [0.2, 0.25) is 5.91 Å². The molecule has 1 N–H and O–H groups in total. The zero-order valence-corrected chi connectivity index (χ0v) is 20.1. The summed E-state index contributed by atoms with van der Waals surface area (Å²) in [4.78, 5) is 31.0. The van der Waals surface area contributed by atoms with E-state index in [0.717, 1.165) is 27.6 Å². The summed E-state index contributed by atoms with van der Waals surface area (Å²) in [6.45, 7) is -0.237. The Balaban J connectivity index is 1.32. The molecule has 3 heterocycles. The van der Waals surface area contributed by atoms with Crippen LogP contribution in [0, 0.1) is 17.8 Å². The number of alkyl halides is 3. The van der Waals surface area contributed by atoms with Gasteiger partial charge >= 0.3 is 11.0 Å². The summed E-state index contributed by atoms with van der Waals surface area (Å²) in [5.41, 5.74) is 0.312. The van der Waals surface area contributed by atoms with E-state index < -0.39 is 17.6 Å². The molecule has 3 aromatic rings. The molecule has 2 saturated carbocycles. The topological polar surface area (TPSA) is 64.0 Å². The standard InChI is InChI=1S/C25H22F3N3O2S2/c26-25(27,28)16-4-1-5-17(10-16)30-18(32)12-31-23-22(35-24(31)33)20(15-3-2-8-29-11-15)19-13-6-7-14(9-13)21(19)34-23/h1-5,8,10-11,13-14,19-21H,6-7,9,12H2,(H,30,32)/t13?,14?,19?,20-,21?/m0/s1. The minimum absolute atomic E-state index is 0.0519. The molecule has 2 fully saturated rings. The first-order valence-corrected chi connectivity index (χ1v) is 13.3. The number of hydrogen-bond donors (Lipinski definition) is 1. The average Bonchev–Trinajstić information content (AvgIpc) is 3.52. The van der Waals surface area contributed by atoms with Crippen LogP contribution in [0.2, 0.25) is 0 Å². The first-order valence-electron chi connectivity index (χ1n) is 11.6. The Hall–Kier alpha value is -2.59. The molecule has 2 aliphatic carbocycles. The maximum Gasteiger partial charge on any atom is 0.416 e. The number of nitrogens with one attached hydrogen (secondary N) is 1. The van der Waals surface area contributed by atoms with E-state index in [-0.39, 0.29) is 23.0 Å². The Morgan fingerprint density at radius 1 is 1.17 bits per heavy atom. The molecule has 182 valence electrons. The van der Waals surface area contributed by atoms with Crippen LogP contribution in [0.4, 0.5) is 18.9 Å². The van der Waals surface area contributed by atoms with Crippen molar-refractivity contribution >= 4 is 34.7 Å². The second-order valence-electron chi connectivity index (χ2n) is 9.51. The van der Waals surface area contributed by atoms with Gasteiger partial charge in [0.15, 0.2) is 0 Å². The van der Waals surface area contributed by atoms with Gasteiger partial charge in [0.1, 0.15) is 6.54 Å². The van der Waals surface area contributed by atoms with Crippen LogP contribution in [-0.2, 0) is 17.5 Å². The maximum atomic E-state index is 13.1. The molecular weight excluding hydrogens is 495 g/mol. The van der Waals surface area contributed by atoms with Gasteiger partial charge in [-0.1, -0.05) is 23.5 Å². The van der Waals surface area contributed by atoms with E-state index in [9.17, 15) is 22.8 Å². The van der Waals surface area contributed by atoms with E-state index in [4.69, 9.17) is 0 Å². The smallest absolute Gasteiger partial charge is 0.325 e. The number of benzene rings is 1. The highest BCUT2D eigenvalue weighted by molar-refractivity contribution is 8.00. The number of halogens is 3. The lowest BCUT2D eigenvalue weighted by Gasteiger charge is -2.40. The average molecular weight is 518 g/mol. The Morgan fingerprint density at radius 2 is 2.00 bits per heavy atom. The molecule has 0 radical (unpaired) electrons. The summed E-state index contributed by atoms with van der Waals surface area (Å²) in [5.74, 6) is 1.22. The maximum absolute atomic E-state index is 13.1. The first-order chi connectivity index (χ1) is 16.8. The van der Waals surface area contributed by atoms with Crippen LogP contribution >= 0.6 is 23.1 Å². The monoisotopic (exact) mass is 517 g/mol. The van der Waals surface area contributed by atoms with Crippen molar-refractivity contribution in [3.05, 3.63) is 74.5 Å². The van der Waals surface area contributed by atoms with Crippen LogP contribution in [0.25, 0.3) is 0 Å². The van der Waals surface area contributed by atoms with Crippen molar-refractivity contribution in [2.45, 2.75) is 48.2 Å². The molecule has 3 aliphatic rings. The van der Waals surface area contributed by atoms with Gasteiger partial charge in [-0.3, -0.25) is 19.1 Å².